The van der Waals surface area contributed by atoms with Crippen LogP contribution in [0.25, 0.3) is 17.6 Å². The third kappa shape index (κ3) is 7.09. The molecule has 0 unspecified atom stereocenters. The summed E-state index contributed by atoms with van der Waals surface area (Å²) in [5.41, 5.74) is 3.73. The predicted octanol–water partition coefficient (Wildman–Crippen LogP) is 5.08. The molecule has 11 nitrogen and oxygen atoms in total. The number of para-hydroxylation sites is 1. The lowest BCUT2D eigenvalue weighted by Gasteiger charge is -2.12. The van der Waals surface area contributed by atoms with Gasteiger partial charge in [0.15, 0.2) is 17.3 Å². The van der Waals surface area contributed by atoms with E-state index in [-0.39, 0.29) is 19.1 Å². The van der Waals surface area contributed by atoms with E-state index in [1.165, 1.54) is 6.08 Å². The minimum atomic E-state index is -4.37. The van der Waals surface area contributed by atoms with Crippen molar-refractivity contribution in [2.24, 2.45) is 0 Å². The maximum atomic E-state index is 11.4. The number of methoxy groups -OCH3 is 1. The summed E-state index contributed by atoms with van der Waals surface area (Å²) >= 11 is 0. The lowest BCUT2D eigenvalue weighted by atomic mass is 10.2. The fraction of sp³-hybridized carbons (Fsp3) is 0.138. The summed E-state index contributed by atoms with van der Waals surface area (Å²) in [6.07, 6.45) is 6.55. The number of hydrogen-bond donors (Lipinski definition) is 2. The van der Waals surface area contributed by atoms with Crippen molar-refractivity contribution >= 4 is 13.7 Å². The molecule has 0 saturated heterocycles. The van der Waals surface area contributed by atoms with Crippen LogP contribution in [-0.4, -0.2) is 41.4 Å². The van der Waals surface area contributed by atoms with Crippen molar-refractivity contribution in [3.63, 3.8) is 0 Å². The Labute approximate surface area is 236 Å². The molecule has 0 aliphatic heterocycles. The first kappa shape index (κ1) is 27.9. The second-order valence-corrected chi connectivity index (χ2v) is 10.5. The topological polar surface area (TPSA) is 134 Å². The number of ether oxygens (including phenoxy) is 3. The van der Waals surface area contributed by atoms with Gasteiger partial charge in [-0.05, 0) is 55.0 Å². The van der Waals surface area contributed by atoms with Crippen LogP contribution < -0.4 is 14.2 Å². The summed E-state index contributed by atoms with van der Waals surface area (Å²) in [5.74, 6) is 2.84. The second kappa shape index (κ2) is 12.2. The SMILES string of the molecule is COc1cc(COc2nn(-c3ccccc3)cc2/C=C/P(=O)(O)O)ccc1OCc1cn(-c2ccccn2)nc1C. The summed E-state index contributed by atoms with van der Waals surface area (Å²) in [5, 5.41) is 9.00. The van der Waals surface area contributed by atoms with Gasteiger partial charge in [0, 0.05) is 30.0 Å². The van der Waals surface area contributed by atoms with Crippen LogP contribution in [0.5, 0.6) is 17.4 Å². The molecule has 41 heavy (non-hydrogen) atoms. The molecule has 210 valence electrons. The minimum Gasteiger partial charge on any atom is -0.493 e. The Hall–Kier alpha value is -4.70. The molecule has 0 amide bonds. The number of aryl methyl sites for hydroxylation is 1. The minimum absolute atomic E-state index is 0.134. The van der Waals surface area contributed by atoms with Crippen molar-refractivity contribution in [2.45, 2.75) is 20.1 Å². The standard InChI is InChI=1S/C29H28N5O6P/c1-21-24(18-34(31-21)28-10-6-7-14-30-28)20-39-26-12-11-22(16-27(26)38-2)19-40-29-23(13-15-41(35,36)37)17-33(32-29)25-8-4-3-5-9-25/h3-18H,19-20H2,1-2H3,(H2,35,36,37)/b15-13+. The summed E-state index contributed by atoms with van der Waals surface area (Å²) in [6, 6.07) is 20.4. The van der Waals surface area contributed by atoms with Gasteiger partial charge in [0.1, 0.15) is 13.2 Å². The van der Waals surface area contributed by atoms with Crippen LogP contribution in [0.15, 0.2) is 91.1 Å². The van der Waals surface area contributed by atoms with Gasteiger partial charge in [-0.15, -0.1) is 5.10 Å². The van der Waals surface area contributed by atoms with Gasteiger partial charge in [0.2, 0.25) is 5.88 Å². The van der Waals surface area contributed by atoms with Crippen LogP contribution in [0.3, 0.4) is 0 Å². The van der Waals surface area contributed by atoms with E-state index in [0.717, 1.165) is 34.1 Å². The van der Waals surface area contributed by atoms with E-state index in [4.69, 9.17) is 14.2 Å². The van der Waals surface area contributed by atoms with Gasteiger partial charge < -0.3 is 24.0 Å². The Morgan fingerprint density at radius 1 is 0.902 bits per heavy atom. The van der Waals surface area contributed by atoms with Gasteiger partial charge in [-0.3, -0.25) is 4.57 Å². The lowest BCUT2D eigenvalue weighted by Crippen LogP contribution is -2.01. The first-order valence-electron chi connectivity index (χ1n) is 12.6. The molecule has 3 heterocycles. The van der Waals surface area contributed by atoms with Crippen LogP contribution in [0, 0.1) is 6.92 Å². The van der Waals surface area contributed by atoms with Gasteiger partial charge in [-0.25, -0.2) is 14.3 Å². The van der Waals surface area contributed by atoms with Crippen molar-refractivity contribution in [1.82, 2.24) is 24.5 Å². The number of nitrogens with zero attached hydrogens (tertiary/aromatic N) is 5. The van der Waals surface area contributed by atoms with E-state index in [1.54, 1.807) is 41.0 Å². The molecule has 0 fully saturated rings. The molecular formula is C29H28N5O6P. The largest absolute Gasteiger partial charge is 0.493 e. The van der Waals surface area contributed by atoms with Crippen LogP contribution in [0.2, 0.25) is 0 Å². The molecule has 0 spiro atoms. The smallest absolute Gasteiger partial charge is 0.349 e. The average Bonchev–Trinajstić information content (AvgIpc) is 3.57. The monoisotopic (exact) mass is 573 g/mol. The number of aromatic nitrogens is 5. The summed E-state index contributed by atoms with van der Waals surface area (Å²) < 4.78 is 32.3. The van der Waals surface area contributed by atoms with Gasteiger partial charge in [-0.2, -0.15) is 5.10 Å². The van der Waals surface area contributed by atoms with E-state index in [1.807, 2.05) is 67.7 Å². The van der Waals surface area contributed by atoms with Gasteiger partial charge in [0.25, 0.3) is 0 Å². The predicted molar refractivity (Wildman–Crippen MR) is 152 cm³/mol. The molecule has 0 atom stereocenters. The van der Waals surface area contributed by atoms with Gasteiger partial charge >= 0.3 is 7.60 Å². The molecule has 2 aromatic carbocycles. The molecule has 0 aliphatic carbocycles. The fourth-order valence-electron chi connectivity index (χ4n) is 3.96. The summed E-state index contributed by atoms with van der Waals surface area (Å²) in [6.45, 7) is 2.34. The lowest BCUT2D eigenvalue weighted by molar-refractivity contribution is 0.278. The molecule has 12 heteroatoms. The van der Waals surface area contributed by atoms with Gasteiger partial charge in [0.05, 0.1) is 24.1 Å². The molecule has 0 saturated carbocycles. The zero-order chi connectivity index (χ0) is 28.8. The molecule has 5 aromatic rings. The van der Waals surface area contributed by atoms with Crippen molar-refractivity contribution in [3.05, 3.63) is 114 Å². The zero-order valence-corrected chi connectivity index (χ0v) is 23.3. The summed E-state index contributed by atoms with van der Waals surface area (Å²) in [4.78, 5) is 22.9. The third-order valence-electron chi connectivity index (χ3n) is 6.05. The van der Waals surface area contributed by atoms with Crippen molar-refractivity contribution < 1.29 is 28.6 Å². The summed E-state index contributed by atoms with van der Waals surface area (Å²) in [7, 11) is -2.81. The molecule has 0 bridgehead atoms. The number of hydrogen-bond acceptors (Lipinski definition) is 7. The fourth-order valence-corrected chi connectivity index (χ4v) is 4.32. The van der Waals surface area contributed by atoms with E-state index in [2.05, 4.69) is 15.2 Å². The first-order valence-corrected chi connectivity index (χ1v) is 14.3. The highest BCUT2D eigenvalue weighted by atomic mass is 31.2. The highest BCUT2D eigenvalue weighted by Gasteiger charge is 2.15. The highest BCUT2D eigenvalue weighted by Crippen LogP contribution is 2.38. The van der Waals surface area contributed by atoms with Crippen LogP contribution >= 0.6 is 7.60 Å². The van der Waals surface area contributed by atoms with Crippen molar-refractivity contribution in [1.29, 1.82) is 0 Å². The average molecular weight is 574 g/mol. The van der Waals surface area contributed by atoms with Crippen LogP contribution in [-0.2, 0) is 17.8 Å². The molecule has 0 aliphatic rings. The molecular weight excluding hydrogens is 545 g/mol. The Morgan fingerprint density at radius 2 is 1.71 bits per heavy atom. The molecule has 0 radical (unpaired) electrons. The number of rotatable bonds is 11. The van der Waals surface area contributed by atoms with E-state index in [9.17, 15) is 14.4 Å². The third-order valence-corrected chi connectivity index (χ3v) is 6.58. The second-order valence-electron chi connectivity index (χ2n) is 9.01. The van der Waals surface area contributed by atoms with Gasteiger partial charge in [-0.1, -0.05) is 30.3 Å². The zero-order valence-electron chi connectivity index (χ0n) is 22.4. The van der Waals surface area contributed by atoms with E-state index >= 15 is 0 Å². The molecule has 3 aromatic heterocycles. The first-order chi connectivity index (χ1) is 19.8. The van der Waals surface area contributed by atoms with E-state index < -0.39 is 7.60 Å². The van der Waals surface area contributed by atoms with Crippen LogP contribution in [0.4, 0.5) is 0 Å². The Morgan fingerprint density at radius 3 is 2.44 bits per heavy atom. The van der Waals surface area contributed by atoms with Crippen molar-refractivity contribution in [2.75, 3.05) is 7.11 Å². The Balaban J connectivity index is 1.30. The number of pyridine rings is 1. The van der Waals surface area contributed by atoms with E-state index in [0.29, 0.717) is 17.1 Å². The quantitative estimate of drug-likeness (QED) is 0.208. The molecule has 5 rings (SSSR count). The maximum absolute atomic E-state index is 11.4. The highest BCUT2D eigenvalue weighted by molar-refractivity contribution is 7.55. The Kier molecular flexibility index (Phi) is 8.30. The Bertz CT molecular complexity index is 1700. The normalized spacial score (nSPS) is 11.6. The molecule has 2 N–H and O–H groups in total. The van der Waals surface area contributed by atoms with Crippen LogP contribution in [0.1, 0.15) is 22.4 Å². The maximum Gasteiger partial charge on any atom is 0.349 e. The van der Waals surface area contributed by atoms with Crippen molar-refractivity contribution in [3.8, 4) is 28.9 Å². The number of benzene rings is 2.